The van der Waals surface area contributed by atoms with Crippen molar-refractivity contribution in [3.05, 3.63) is 59.7 Å². The Morgan fingerprint density at radius 3 is 2.32 bits per heavy atom. The molecule has 8 nitrogen and oxygen atoms in total. The second-order valence-electron chi connectivity index (χ2n) is 5.35. The van der Waals surface area contributed by atoms with E-state index < -0.39 is 45.8 Å². The number of para-hydroxylation sites is 1. The smallest absolute Gasteiger partial charge is 0.338 e. The summed E-state index contributed by atoms with van der Waals surface area (Å²) in [6.07, 6.45) is 0. The molecule has 0 fully saturated rings. The van der Waals surface area contributed by atoms with Crippen molar-refractivity contribution in [2.24, 2.45) is 0 Å². The van der Waals surface area contributed by atoms with Gasteiger partial charge in [0.2, 0.25) is 0 Å². The lowest BCUT2D eigenvalue weighted by atomic mass is 10.2. The van der Waals surface area contributed by atoms with Crippen molar-refractivity contribution in [3.63, 3.8) is 0 Å². The molecule has 28 heavy (non-hydrogen) atoms. The number of halogens is 2. The highest BCUT2D eigenvalue weighted by Gasteiger charge is 2.22. The van der Waals surface area contributed by atoms with Gasteiger partial charge in [-0.25, -0.2) is 22.0 Å². The monoisotopic (exact) mass is 414 g/mol. The summed E-state index contributed by atoms with van der Waals surface area (Å²) in [5.41, 5.74) is -0.810. The fourth-order valence-corrected chi connectivity index (χ4v) is 3.06. The first-order chi connectivity index (χ1) is 13.2. The summed E-state index contributed by atoms with van der Waals surface area (Å²) >= 11 is 0. The molecule has 1 amide bonds. The van der Waals surface area contributed by atoms with E-state index in [2.05, 4.69) is 4.84 Å². The first-order valence-corrected chi connectivity index (χ1v) is 9.15. The Labute approximate surface area is 159 Å². The summed E-state index contributed by atoms with van der Waals surface area (Å²) in [7, 11) is -1.65. The lowest BCUT2D eigenvalue weighted by molar-refractivity contribution is -0.119. The molecule has 150 valence electrons. The lowest BCUT2D eigenvalue weighted by Crippen LogP contribution is -2.26. The standard InChI is InChI=1S/C17H16F2N2O6S/c1-21(26-2)28(24,25)12-6-3-5-11(9-12)17(23)27-10-15(22)20-16-13(18)7-4-8-14(16)19/h3-9H,10H2,1-2H3,(H,20,22). The highest BCUT2D eigenvalue weighted by atomic mass is 32.2. The van der Waals surface area contributed by atoms with Crippen LogP contribution in [0.3, 0.4) is 0 Å². The zero-order chi connectivity index (χ0) is 20.9. The molecule has 0 unspecified atom stereocenters. The van der Waals surface area contributed by atoms with Crippen molar-refractivity contribution in [3.8, 4) is 0 Å². The normalized spacial score (nSPS) is 11.3. The van der Waals surface area contributed by atoms with Crippen LogP contribution in [0, 0.1) is 11.6 Å². The molecular weight excluding hydrogens is 398 g/mol. The number of amides is 1. The first-order valence-electron chi connectivity index (χ1n) is 7.71. The SMILES string of the molecule is CON(C)S(=O)(=O)c1cccc(C(=O)OCC(=O)Nc2c(F)cccc2F)c1. The van der Waals surface area contributed by atoms with Crippen molar-refractivity contribution in [2.45, 2.75) is 4.90 Å². The first kappa shape index (κ1) is 21.4. The molecule has 0 atom stereocenters. The summed E-state index contributed by atoms with van der Waals surface area (Å²) in [5.74, 6) is -3.94. The second-order valence-corrected chi connectivity index (χ2v) is 7.28. The fourth-order valence-electron chi connectivity index (χ4n) is 2.04. The van der Waals surface area contributed by atoms with Crippen molar-refractivity contribution in [1.29, 1.82) is 0 Å². The maximum absolute atomic E-state index is 13.5. The van der Waals surface area contributed by atoms with Gasteiger partial charge in [-0.15, -0.1) is 0 Å². The quantitative estimate of drug-likeness (QED) is 0.549. The van der Waals surface area contributed by atoms with Crippen LogP contribution in [0.2, 0.25) is 0 Å². The number of benzene rings is 2. The number of nitrogens with one attached hydrogen (secondary N) is 1. The Bertz CT molecular complexity index is 977. The second kappa shape index (κ2) is 8.87. The van der Waals surface area contributed by atoms with E-state index in [9.17, 15) is 26.8 Å². The summed E-state index contributed by atoms with van der Waals surface area (Å²) in [6.45, 7) is -0.832. The molecule has 0 bridgehead atoms. The zero-order valence-electron chi connectivity index (χ0n) is 14.8. The van der Waals surface area contributed by atoms with Crippen molar-refractivity contribution >= 4 is 27.6 Å². The Balaban J connectivity index is 2.06. The Morgan fingerprint density at radius 2 is 1.71 bits per heavy atom. The molecule has 2 aromatic carbocycles. The van der Waals surface area contributed by atoms with E-state index in [1.807, 2.05) is 5.32 Å². The third kappa shape index (κ3) is 4.88. The third-order valence-electron chi connectivity index (χ3n) is 3.52. The molecule has 0 aliphatic rings. The van der Waals surface area contributed by atoms with Gasteiger partial charge in [0, 0.05) is 7.05 Å². The molecule has 2 aromatic rings. The highest BCUT2D eigenvalue weighted by molar-refractivity contribution is 7.89. The maximum atomic E-state index is 13.5. The summed E-state index contributed by atoms with van der Waals surface area (Å²) < 4.78 is 56.7. The molecule has 0 saturated carbocycles. The molecule has 0 spiro atoms. The van der Waals surface area contributed by atoms with Crippen LogP contribution in [0.1, 0.15) is 10.4 Å². The third-order valence-corrected chi connectivity index (χ3v) is 5.20. The Hall–Kier alpha value is -2.89. The maximum Gasteiger partial charge on any atom is 0.338 e. The van der Waals surface area contributed by atoms with Crippen LogP contribution in [0.5, 0.6) is 0 Å². The highest BCUT2D eigenvalue weighted by Crippen LogP contribution is 2.18. The van der Waals surface area contributed by atoms with Crippen molar-refractivity contribution < 1.29 is 36.4 Å². The summed E-state index contributed by atoms with van der Waals surface area (Å²) in [6, 6.07) is 7.91. The molecule has 2 rings (SSSR count). The van der Waals surface area contributed by atoms with Gasteiger partial charge in [0.25, 0.3) is 15.9 Å². The van der Waals surface area contributed by atoms with E-state index in [-0.39, 0.29) is 10.5 Å². The van der Waals surface area contributed by atoms with Crippen LogP contribution in [-0.2, 0) is 24.4 Å². The van der Waals surface area contributed by atoms with Gasteiger partial charge in [0.1, 0.15) is 17.3 Å². The average molecular weight is 414 g/mol. The number of hydrogen-bond donors (Lipinski definition) is 1. The minimum Gasteiger partial charge on any atom is -0.452 e. The van der Waals surface area contributed by atoms with E-state index in [0.717, 1.165) is 31.4 Å². The molecule has 0 aromatic heterocycles. The molecule has 0 saturated heterocycles. The minimum absolute atomic E-state index is 0.143. The number of rotatable bonds is 7. The van der Waals surface area contributed by atoms with Gasteiger partial charge in [-0.3, -0.25) is 9.63 Å². The zero-order valence-corrected chi connectivity index (χ0v) is 15.6. The largest absolute Gasteiger partial charge is 0.452 e. The Kier molecular flexibility index (Phi) is 6.78. The fraction of sp³-hybridized carbons (Fsp3) is 0.176. The molecular formula is C17H16F2N2O6S. The summed E-state index contributed by atoms with van der Waals surface area (Å²) in [4.78, 5) is 28.2. The number of hydrogen-bond acceptors (Lipinski definition) is 6. The number of ether oxygens (including phenoxy) is 1. The summed E-state index contributed by atoms with van der Waals surface area (Å²) in [5, 5.41) is 1.96. The van der Waals surface area contributed by atoms with Gasteiger partial charge < -0.3 is 10.1 Å². The van der Waals surface area contributed by atoms with Gasteiger partial charge in [-0.1, -0.05) is 16.6 Å². The molecule has 0 heterocycles. The average Bonchev–Trinajstić information content (AvgIpc) is 2.68. The van der Waals surface area contributed by atoms with Crippen molar-refractivity contribution in [2.75, 3.05) is 26.1 Å². The Morgan fingerprint density at radius 1 is 1.11 bits per heavy atom. The number of esters is 1. The van der Waals surface area contributed by atoms with Crippen LogP contribution < -0.4 is 5.32 Å². The van der Waals surface area contributed by atoms with Crippen LogP contribution in [0.25, 0.3) is 0 Å². The minimum atomic E-state index is -3.99. The van der Waals surface area contributed by atoms with Gasteiger partial charge in [0.15, 0.2) is 6.61 Å². The molecule has 11 heteroatoms. The molecule has 0 radical (unpaired) electrons. The number of anilines is 1. The number of carbonyl (C=O) groups is 2. The topological polar surface area (TPSA) is 102 Å². The number of nitrogens with zero attached hydrogens (tertiary/aromatic N) is 1. The van der Waals surface area contributed by atoms with E-state index in [1.165, 1.54) is 25.2 Å². The van der Waals surface area contributed by atoms with E-state index >= 15 is 0 Å². The predicted octanol–water partition coefficient (Wildman–Crippen LogP) is 1.94. The number of carbonyl (C=O) groups excluding carboxylic acids is 2. The van der Waals surface area contributed by atoms with Gasteiger partial charge >= 0.3 is 5.97 Å². The van der Waals surface area contributed by atoms with Gasteiger partial charge in [0.05, 0.1) is 17.6 Å². The predicted molar refractivity (Wildman–Crippen MR) is 93.7 cm³/mol. The van der Waals surface area contributed by atoms with Crippen LogP contribution in [0.4, 0.5) is 14.5 Å². The van der Waals surface area contributed by atoms with Crippen LogP contribution >= 0.6 is 0 Å². The van der Waals surface area contributed by atoms with Crippen LogP contribution in [-0.4, -0.2) is 45.5 Å². The van der Waals surface area contributed by atoms with Gasteiger partial charge in [-0.2, -0.15) is 0 Å². The molecule has 0 aliphatic carbocycles. The lowest BCUT2D eigenvalue weighted by Gasteiger charge is -2.14. The van der Waals surface area contributed by atoms with Crippen LogP contribution in [0.15, 0.2) is 47.4 Å². The van der Waals surface area contributed by atoms with Gasteiger partial charge in [-0.05, 0) is 30.3 Å². The molecule has 1 N–H and O–H groups in total. The van der Waals surface area contributed by atoms with E-state index in [0.29, 0.717) is 4.47 Å². The number of sulfonamides is 1. The van der Waals surface area contributed by atoms with E-state index in [1.54, 1.807) is 0 Å². The number of hydroxylamine groups is 1. The molecule has 0 aliphatic heterocycles. The van der Waals surface area contributed by atoms with Crippen molar-refractivity contribution in [1.82, 2.24) is 4.47 Å². The van der Waals surface area contributed by atoms with E-state index in [4.69, 9.17) is 4.74 Å².